The quantitative estimate of drug-likeness (QED) is 0.875. The van der Waals surface area contributed by atoms with E-state index in [1.54, 1.807) is 0 Å². The first-order valence-electron chi connectivity index (χ1n) is 6.89. The van der Waals surface area contributed by atoms with Crippen LogP contribution in [0.3, 0.4) is 0 Å². The number of nitrogens with zero attached hydrogens (tertiary/aromatic N) is 4. The van der Waals surface area contributed by atoms with Crippen LogP contribution in [0.25, 0.3) is 0 Å². The van der Waals surface area contributed by atoms with Gasteiger partial charge in [-0.05, 0) is 26.4 Å². The lowest BCUT2D eigenvalue weighted by Gasteiger charge is -2.23. The number of aromatic nitrogens is 2. The van der Waals surface area contributed by atoms with Crippen molar-refractivity contribution in [3.8, 4) is 5.88 Å². The molecule has 1 fully saturated rings. The molecule has 0 amide bonds. The van der Waals surface area contributed by atoms with Crippen LogP contribution in [0.15, 0.2) is 6.33 Å². The number of likely N-dealkylation sites (N-methyl/N-ethyl adjacent to an activating group) is 1. The Morgan fingerprint density at radius 3 is 2.89 bits per heavy atom. The first kappa shape index (κ1) is 13.9. The van der Waals surface area contributed by atoms with E-state index in [1.807, 2.05) is 0 Å². The molecule has 0 radical (unpaired) electrons. The highest BCUT2D eigenvalue weighted by Gasteiger charge is 2.18. The topological polar surface area (TPSA) is 67.5 Å². The maximum absolute atomic E-state index is 6.14. The number of nitrogens with two attached hydrogens (primary N) is 1. The van der Waals surface area contributed by atoms with Crippen LogP contribution in [0.5, 0.6) is 5.88 Å². The van der Waals surface area contributed by atoms with E-state index >= 15 is 0 Å². The van der Waals surface area contributed by atoms with Crippen molar-refractivity contribution in [3.63, 3.8) is 0 Å². The standard InChI is InChI=1S/C13H23N5O/c1-3-9-19-13-11(14)12(15-10-16-13)18-6-4-5-17(2)7-8-18/h10H,3-9,14H2,1-2H3. The fourth-order valence-corrected chi connectivity index (χ4v) is 2.19. The molecule has 0 unspecified atom stereocenters. The van der Waals surface area contributed by atoms with Gasteiger partial charge in [-0.15, -0.1) is 0 Å². The van der Waals surface area contributed by atoms with Gasteiger partial charge in [-0.3, -0.25) is 0 Å². The van der Waals surface area contributed by atoms with Gasteiger partial charge in [-0.1, -0.05) is 6.92 Å². The lowest BCUT2D eigenvalue weighted by Crippen LogP contribution is -2.30. The van der Waals surface area contributed by atoms with Crippen molar-refractivity contribution in [3.05, 3.63) is 6.33 Å². The van der Waals surface area contributed by atoms with Gasteiger partial charge in [0.05, 0.1) is 6.61 Å². The molecular weight excluding hydrogens is 242 g/mol. The molecule has 6 nitrogen and oxygen atoms in total. The fourth-order valence-electron chi connectivity index (χ4n) is 2.19. The van der Waals surface area contributed by atoms with E-state index in [0.29, 0.717) is 18.2 Å². The lowest BCUT2D eigenvalue weighted by atomic mass is 10.3. The third-order valence-corrected chi connectivity index (χ3v) is 3.29. The normalized spacial score (nSPS) is 17.3. The van der Waals surface area contributed by atoms with Gasteiger partial charge >= 0.3 is 0 Å². The second kappa shape index (κ2) is 6.56. The van der Waals surface area contributed by atoms with Crippen LogP contribution in [0.2, 0.25) is 0 Å². The Kier molecular flexibility index (Phi) is 4.79. The number of rotatable bonds is 4. The van der Waals surface area contributed by atoms with Crippen molar-refractivity contribution in [1.29, 1.82) is 0 Å². The molecule has 1 aliphatic rings. The summed E-state index contributed by atoms with van der Waals surface area (Å²) in [6.45, 7) is 6.73. The van der Waals surface area contributed by atoms with E-state index in [1.165, 1.54) is 6.33 Å². The molecule has 0 saturated carbocycles. The van der Waals surface area contributed by atoms with Crippen molar-refractivity contribution in [2.45, 2.75) is 19.8 Å². The van der Waals surface area contributed by atoms with Crippen LogP contribution in [-0.4, -0.2) is 54.7 Å². The second-order valence-corrected chi connectivity index (χ2v) is 4.91. The molecule has 19 heavy (non-hydrogen) atoms. The van der Waals surface area contributed by atoms with Crippen LogP contribution in [0.1, 0.15) is 19.8 Å². The molecule has 2 heterocycles. The zero-order valence-corrected chi connectivity index (χ0v) is 11.8. The lowest BCUT2D eigenvalue weighted by molar-refractivity contribution is 0.306. The molecule has 1 aliphatic heterocycles. The van der Waals surface area contributed by atoms with Gasteiger partial charge in [-0.25, -0.2) is 4.98 Å². The molecular formula is C13H23N5O. The largest absolute Gasteiger partial charge is 0.476 e. The van der Waals surface area contributed by atoms with Gasteiger partial charge in [0.2, 0.25) is 5.88 Å². The first-order valence-corrected chi connectivity index (χ1v) is 6.89. The Balaban J connectivity index is 2.14. The highest BCUT2D eigenvalue weighted by Crippen LogP contribution is 2.28. The summed E-state index contributed by atoms with van der Waals surface area (Å²) in [5.41, 5.74) is 6.69. The van der Waals surface area contributed by atoms with Crippen molar-refractivity contribution >= 4 is 11.5 Å². The summed E-state index contributed by atoms with van der Waals surface area (Å²) in [6.07, 6.45) is 3.59. The average Bonchev–Trinajstić information content (AvgIpc) is 2.62. The van der Waals surface area contributed by atoms with Gasteiger partial charge in [0.15, 0.2) is 5.82 Å². The minimum Gasteiger partial charge on any atom is -0.476 e. The highest BCUT2D eigenvalue weighted by atomic mass is 16.5. The van der Waals surface area contributed by atoms with Crippen molar-refractivity contribution in [2.75, 3.05) is 50.5 Å². The minimum atomic E-state index is 0.504. The third kappa shape index (κ3) is 3.47. The SMILES string of the molecule is CCCOc1ncnc(N2CCCN(C)CC2)c1N. The molecule has 0 aliphatic carbocycles. The first-order chi connectivity index (χ1) is 9.22. The Hall–Kier alpha value is -1.56. The van der Waals surface area contributed by atoms with Crippen LogP contribution in [0.4, 0.5) is 11.5 Å². The Morgan fingerprint density at radius 1 is 1.26 bits per heavy atom. The summed E-state index contributed by atoms with van der Waals surface area (Å²) in [5.74, 6) is 1.31. The Bertz CT molecular complexity index is 412. The molecule has 0 aromatic carbocycles. The fraction of sp³-hybridized carbons (Fsp3) is 0.692. The van der Waals surface area contributed by atoms with Crippen LogP contribution < -0.4 is 15.4 Å². The van der Waals surface area contributed by atoms with Crippen LogP contribution in [-0.2, 0) is 0 Å². The van der Waals surface area contributed by atoms with Crippen molar-refractivity contribution < 1.29 is 4.74 Å². The second-order valence-electron chi connectivity index (χ2n) is 4.91. The van der Waals surface area contributed by atoms with E-state index in [0.717, 1.165) is 44.8 Å². The van der Waals surface area contributed by atoms with Gasteiger partial charge in [-0.2, -0.15) is 4.98 Å². The third-order valence-electron chi connectivity index (χ3n) is 3.29. The molecule has 106 valence electrons. The predicted molar refractivity (Wildman–Crippen MR) is 76.6 cm³/mol. The number of nitrogen functional groups attached to an aromatic ring is 1. The molecule has 1 aromatic heterocycles. The monoisotopic (exact) mass is 265 g/mol. The summed E-state index contributed by atoms with van der Waals surface area (Å²) in [7, 11) is 2.14. The Labute approximate surface area is 114 Å². The molecule has 1 saturated heterocycles. The summed E-state index contributed by atoms with van der Waals surface area (Å²) in [6, 6.07) is 0. The number of hydrogen-bond donors (Lipinski definition) is 1. The van der Waals surface area contributed by atoms with Gasteiger partial charge in [0, 0.05) is 19.6 Å². The molecule has 6 heteroatoms. The van der Waals surface area contributed by atoms with Crippen molar-refractivity contribution in [2.24, 2.45) is 0 Å². The minimum absolute atomic E-state index is 0.504. The smallest absolute Gasteiger partial charge is 0.242 e. The molecule has 1 aromatic rings. The van der Waals surface area contributed by atoms with E-state index in [-0.39, 0.29) is 0 Å². The molecule has 0 bridgehead atoms. The Morgan fingerprint density at radius 2 is 2.11 bits per heavy atom. The number of anilines is 2. The molecule has 2 N–H and O–H groups in total. The summed E-state index contributed by atoms with van der Waals surface area (Å²) < 4.78 is 5.56. The van der Waals surface area contributed by atoms with E-state index < -0.39 is 0 Å². The average molecular weight is 265 g/mol. The summed E-state index contributed by atoms with van der Waals surface area (Å²) >= 11 is 0. The number of ether oxygens (including phenoxy) is 1. The number of hydrogen-bond acceptors (Lipinski definition) is 6. The zero-order chi connectivity index (χ0) is 13.7. The highest BCUT2D eigenvalue weighted by molar-refractivity contribution is 5.67. The van der Waals surface area contributed by atoms with E-state index in [9.17, 15) is 0 Å². The summed E-state index contributed by atoms with van der Waals surface area (Å²) in [4.78, 5) is 13.0. The van der Waals surface area contributed by atoms with Gasteiger partial charge in [0.1, 0.15) is 12.0 Å². The van der Waals surface area contributed by atoms with E-state index in [2.05, 4.69) is 33.7 Å². The molecule has 0 spiro atoms. The van der Waals surface area contributed by atoms with E-state index in [4.69, 9.17) is 10.5 Å². The van der Waals surface area contributed by atoms with Crippen LogP contribution >= 0.6 is 0 Å². The molecule has 0 atom stereocenters. The van der Waals surface area contributed by atoms with Crippen LogP contribution in [0, 0.1) is 0 Å². The maximum Gasteiger partial charge on any atom is 0.242 e. The summed E-state index contributed by atoms with van der Waals surface area (Å²) in [5, 5.41) is 0. The predicted octanol–water partition coefficient (Wildman–Crippen LogP) is 0.989. The van der Waals surface area contributed by atoms with Crippen molar-refractivity contribution in [1.82, 2.24) is 14.9 Å². The van der Waals surface area contributed by atoms with Gasteiger partial charge in [0.25, 0.3) is 0 Å². The van der Waals surface area contributed by atoms with Gasteiger partial charge < -0.3 is 20.3 Å². The molecule has 2 rings (SSSR count). The zero-order valence-electron chi connectivity index (χ0n) is 11.8. The maximum atomic E-state index is 6.14.